The Hall–Kier alpha value is -4.43. The lowest BCUT2D eigenvalue weighted by Gasteiger charge is -2.16. The molecule has 0 saturated heterocycles. The SMILES string of the molecule is Cc1ccc(N2C(=O)C(Cl)=C(Nc3cc(C(=O)Nc4ccc(C(=O)OC(C)C)cc4)ccc3C)C2=O)cc1. The second-order valence-corrected chi connectivity index (χ2v) is 9.49. The van der Waals surface area contributed by atoms with E-state index in [0.717, 1.165) is 16.0 Å². The first-order chi connectivity index (χ1) is 18.0. The predicted octanol–water partition coefficient (Wildman–Crippen LogP) is 5.56. The van der Waals surface area contributed by atoms with Gasteiger partial charge in [-0.3, -0.25) is 14.4 Å². The Kier molecular flexibility index (Phi) is 7.64. The standard InChI is InChI=1S/C29H26ClN3O5/c1-16(2)38-29(37)19-9-11-21(12-10-19)31-26(34)20-8-7-18(4)23(15-20)32-25-24(30)27(35)33(28(25)36)22-13-5-17(3)6-14-22/h5-16,32H,1-4H3,(H,31,34). The van der Waals surface area contributed by atoms with Gasteiger partial charge in [0, 0.05) is 16.9 Å². The molecule has 8 nitrogen and oxygen atoms in total. The van der Waals surface area contributed by atoms with Crippen LogP contribution in [0.25, 0.3) is 0 Å². The first-order valence-electron chi connectivity index (χ1n) is 11.9. The summed E-state index contributed by atoms with van der Waals surface area (Å²) in [5, 5.41) is 5.49. The van der Waals surface area contributed by atoms with Crippen LogP contribution in [-0.4, -0.2) is 29.8 Å². The average molecular weight is 532 g/mol. The van der Waals surface area contributed by atoms with Crippen molar-refractivity contribution >= 4 is 52.4 Å². The highest BCUT2D eigenvalue weighted by Gasteiger charge is 2.39. The summed E-state index contributed by atoms with van der Waals surface area (Å²) < 4.78 is 5.17. The molecule has 0 saturated carbocycles. The molecule has 0 spiro atoms. The molecule has 0 unspecified atom stereocenters. The Morgan fingerprint density at radius 2 is 1.50 bits per heavy atom. The molecule has 4 rings (SSSR count). The highest BCUT2D eigenvalue weighted by atomic mass is 35.5. The van der Waals surface area contributed by atoms with Gasteiger partial charge in [0.2, 0.25) is 0 Å². The molecule has 38 heavy (non-hydrogen) atoms. The van der Waals surface area contributed by atoms with Gasteiger partial charge in [-0.2, -0.15) is 0 Å². The third kappa shape index (κ3) is 5.60. The van der Waals surface area contributed by atoms with E-state index in [1.54, 1.807) is 87.5 Å². The number of nitrogens with zero attached hydrogens (tertiary/aromatic N) is 1. The van der Waals surface area contributed by atoms with Crippen molar-refractivity contribution < 1.29 is 23.9 Å². The molecule has 3 amide bonds. The third-order valence-corrected chi connectivity index (χ3v) is 6.15. The number of aryl methyl sites for hydroxylation is 2. The lowest BCUT2D eigenvalue weighted by Crippen LogP contribution is -2.32. The minimum atomic E-state index is -0.629. The van der Waals surface area contributed by atoms with Crippen LogP contribution in [0.4, 0.5) is 17.1 Å². The van der Waals surface area contributed by atoms with Crippen LogP contribution in [-0.2, 0) is 14.3 Å². The summed E-state index contributed by atoms with van der Waals surface area (Å²) >= 11 is 6.27. The van der Waals surface area contributed by atoms with Gasteiger partial charge in [0.25, 0.3) is 17.7 Å². The molecule has 3 aromatic carbocycles. The van der Waals surface area contributed by atoms with Gasteiger partial charge >= 0.3 is 5.97 Å². The lowest BCUT2D eigenvalue weighted by molar-refractivity contribution is -0.120. The number of hydrogen-bond donors (Lipinski definition) is 2. The predicted molar refractivity (Wildman–Crippen MR) is 146 cm³/mol. The number of nitrogens with one attached hydrogen (secondary N) is 2. The van der Waals surface area contributed by atoms with Crippen molar-refractivity contribution in [1.29, 1.82) is 0 Å². The van der Waals surface area contributed by atoms with Crippen molar-refractivity contribution in [3.05, 3.63) is 99.7 Å². The molecular formula is C29H26ClN3O5. The highest BCUT2D eigenvalue weighted by molar-refractivity contribution is 6.53. The number of rotatable bonds is 7. The third-order valence-electron chi connectivity index (χ3n) is 5.80. The molecule has 0 aromatic heterocycles. The van der Waals surface area contributed by atoms with E-state index in [1.807, 2.05) is 6.92 Å². The van der Waals surface area contributed by atoms with E-state index in [1.165, 1.54) is 0 Å². The first-order valence-corrected chi connectivity index (χ1v) is 12.3. The quantitative estimate of drug-likeness (QED) is 0.305. The van der Waals surface area contributed by atoms with Crippen molar-refractivity contribution in [3.63, 3.8) is 0 Å². The summed E-state index contributed by atoms with van der Waals surface area (Å²) in [5.41, 5.74) is 3.69. The van der Waals surface area contributed by atoms with Crippen LogP contribution in [0.1, 0.15) is 45.7 Å². The fourth-order valence-electron chi connectivity index (χ4n) is 3.75. The average Bonchev–Trinajstić information content (AvgIpc) is 3.08. The first kappa shape index (κ1) is 26.6. The van der Waals surface area contributed by atoms with Crippen molar-refractivity contribution in [2.45, 2.75) is 33.8 Å². The number of carbonyl (C=O) groups is 4. The zero-order valence-corrected chi connectivity index (χ0v) is 22.1. The zero-order chi connectivity index (χ0) is 27.6. The fraction of sp³-hybridized carbons (Fsp3) is 0.172. The summed E-state index contributed by atoms with van der Waals surface area (Å²) in [5.74, 6) is -2.06. The minimum absolute atomic E-state index is 0.0678. The Morgan fingerprint density at radius 3 is 2.13 bits per heavy atom. The van der Waals surface area contributed by atoms with Gasteiger partial charge in [-0.1, -0.05) is 35.4 Å². The molecule has 3 aromatic rings. The molecule has 1 aliphatic rings. The molecule has 0 bridgehead atoms. The molecule has 1 aliphatic heterocycles. The monoisotopic (exact) mass is 531 g/mol. The molecule has 0 radical (unpaired) electrons. The van der Waals surface area contributed by atoms with Gasteiger partial charge in [-0.15, -0.1) is 0 Å². The summed E-state index contributed by atoms with van der Waals surface area (Å²) in [6.45, 7) is 7.23. The summed E-state index contributed by atoms with van der Waals surface area (Å²) in [7, 11) is 0. The van der Waals surface area contributed by atoms with Crippen LogP contribution in [0.15, 0.2) is 77.5 Å². The van der Waals surface area contributed by atoms with Crippen molar-refractivity contribution in [2.75, 3.05) is 15.5 Å². The summed E-state index contributed by atoms with van der Waals surface area (Å²) in [6.07, 6.45) is -0.236. The Labute approximate surface area is 225 Å². The van der Waals surface area contributed by atoms with E-state index in [-0.39, 0.29) is 16.8 Å². The molecule has 0 fully saturated rings. The van der Waals surface area contributed by atoms with E-state index in [2.05, 4.69) is 10.6 Å². The van der Waals surface area contributed by atoms with Crippen LogP contribution in [0, 0.1) is 13.8 Å². The van der Waals surface area contributed by atoms with Crippen molar-refractivity contribution in [1.82, 2.24) is 0 Å². The van der Waals surface area contributed by atoms with Crippen molar-refractivity contribution in [2.24, 2.45) is 0 Å². The van der Waals surface area contributed by atoms with Crippen LogP contribution in [0.3, 0.4) is 0 Å². The maximum Gasteiger partial charge on any atom is 0.338 e. The number of hydrogen-bond acceptors (Lipinski definition) is 6. The molecule has 1 heterocycles. The number of halogens is 1. The highest BCUT2D eigenvalue weighted by Crippen LogP contribution is 2.31. The van der Waals surface area contributed by atoms with Gasteiger partial charge in [-0.05, 0) is 81.8 Å². The largest absolute Gasteiger partial charge is 0.459 e. The Balaban J connectivity index is 1.50. The number of benzene rings is 3. The number of carbonyl (C=O) groups excluding carboxylic acids is 4. The fourth-order valence-corrected chi connectivity index (χ4v) is 3.96. The topological polar surface area (TPSA) is 105 Å². The maximum atomic E-state index is 13.1. The second-order valence-electron chi connectivity index (χ2n) is 9.11. The molecule has 0 aliphatic carbocycles. The number of amides is 3. The Morgan fingerprint density at radius 1 is 0.868 bits per heavy atom. The molecule has 9 heteroatoms. The number of anilines is 3. The summed E-state index contributed by atoms with van der Waals surface area (Å²) in [4.78, 5) is 51.8. The van der Waals surface area contributed by atoms with Crippen LogP contribution in [0.5, 0.6) is 0 Å². The molecule has 0 atom stereocenters. The normalized spacial score (nSPS) is 13.3. The van der Waals surface area contributed by atoms with E-state index < -0.39 is 23.7 Å². The number of imide groups is 1. The van der Waals surface area contributed by atoms with Gasteiger partial charge in [0.15, 0.2) is 0 Å². The molecule has 194 valence electrons. The zero-order valence-electron chi connectivity index (χ0n) is 21.3. The smallest absolute Gasteiger partial charge is 0.338 e. The van der Waals surface area contributed by atoms with Gasteiger partial charge in [0.1, 0.15) is 10.7 Å². The Bertz CT molecular complexity index is 1460. The van der Waals surface area contributed by atoms with Crippen LogP contribution < -0.4 is 15.5 Å². The van der Waals surface area contributed by atoms with Crippen LogP contribution in [0.2, 0.25) is 0 Å². The van der Waals surface area contributed by atoms with E-state index in [4.69, 9.17) is 16.3 Å². The van der Waals surface area contributed by atoms with Gasteiger partial charge in [0.05, 0.1) is 17.4 Å². The van der Waals surface area contributed by atoms with Gasteiger partial charge in [-0.25, -0.2) is 9.69 Å². The molecule has 2 N–H and O–H groups in total. The summed E-state index contributed by atoms with van der Waals surface area (Å²) in [6, 6.07) is 18.2. The van der Waals surface area contributed by atoms with Gasteiger partial charge < -0.3 is 15.4 Å². The van der Waals surface area contributed by atoms with Crippen molar-refractivity contribution in [3.8, 4) is 0 Å². The number of esters is 1. The van der Waals surface area contributed by atoms with E-state index in [0.29, 0.717) is 28.2 Å². The molecular weight excluding hydrogens is 506 g/mol. The van der Waals surface area contributed by atoms with E-state index >= 15 is 0 Å². The maximum absolute atomic E-state index is 13.1. The van der Waals surface area contributed by atoms with Crippen LogP contribution >= 0.6 is 11.6 Å². The minimum Gasteiger partial charge on any atom is -0.459 e. The second kappa shape index (κ2) is 10.9. The number of ether oxygens (including phenoxy) is 1. The lowest BCUT2D eigenvalue weighted by atomic mass is 10.1. The van der Waals surface area contributed by atoms with E-state index in [9.17, 15) is 19.2 Å².